The van der Waals surface area contributed by atoms with Gasteiger partial charge in [0.2, 0.25) is 0 Å². The third-order valence-electron chi connectivity index (χ3n) is 3.00. The maximum absolute atomic E-state index is 6.29. The van der Waals surface area contributed by atoms with Crippen molar-refractivity contribution in [2.75, 3.05) is 0 Å². The second kappa shape index (κ2) is 5.88. The molecule has 0 aliphatic heterocycles. The zero-order valence-corrected chi connectivity index (χ0v) is 15.5. The summed E-state index contributed by atoms with van der Waals surface area (Å²) in [5, 5.41) is 0.409. The molecule has 0 bridgehead atoms. The number of hydrogen-bond acceptors (Lipinski definition) is 2. The van der Waals surface area contributed by atoms with E-state index in [1.807, 2.05) is 35.8 Å². The first-order valence-electron chi connectivity index (χ1n) is 6.11. The van der Waals surface area contributed by atoms with Crippen LogP contribution in [0.2, 0.25) is 5.02 Å². The molecule has 0 amide bonds. The number of halogens is 4. The van der Waals surface area contributed by atoms with Crippen LogP contribution in [0.1, 0.15) is 18.1 Å². The zero-order chi connectivity index (χ0) is 15.1. The van der Waals surface area contributed by atoms with Gasteiger partial charge in [-0.15, -0.1) is 11.6 Å². The SMILES string of the molecule is CC(Cl)c1nc2cc(Br)cnc2n1-c1ccc(Cl)cc1Br. The average molecular weight is 450 g/mol. The topological polar surface area (TPSA) is 30.7 Å². The summed E-state index contributed by atoms with van der Waals surface area (Å²) in [6, 6.07) is 7.50. The molecule has 0 N–H and O–H groups in total. The van der Waals surface area contributed by atoms with Crippen molar-refractivity contribution in [1.29, 1.82) is 0 Å². The second-order valence-corrected chi connectivity index (χ2v) is 7.37. The van der Waals surface area contributed by atoms with Gasteiger partial charge in [0.05, 0.1) is 11.1 Å². The summed E-state index contributed by atoms with van der Waals surface area (Å²) in [7, 11) is 0. The van der Waals surface area contributed by atoms with Crippen LogP contribution in [0.25, 0.3) is 16.9 Å². The number of benzene rings is 1. The lowest BCUT2D eigenvalue weighted by atomic mass is 10.3. The van der Waals surface area contributed by atoms with E-state index in [9.17, 15) is 0 Å². The average Bonchev–Trinajstić information content (AvgIpc) is 2.77. The standard InChI is InChI=1S/C14H9Br2Cl2N3/c1-7(17)13-20-11-4-8(15)6-19-14(11)21(13)12-3-2-9(18)5-10(12)16/h2-7H,1H3. The first kappa shape index (κ1) is 15.3. The number of nitrogens with zero attached hydrogens (tertiary/aromatic N) is 3. The molecule has 0 saturated carbocycles. The number of fused-ring (bicyclic) bond motifs is 1. The maximum Gasteiger partial charge on any atom is 0.164 e. The molecule has 7 heteroatoms. The monoisotopic (exact) mass is 447 g/mol. The molecule has 2 heterocycles. The summed E-state index contributed by atoms with van der Waals surface area (Å²) < 4.78 is 3.68. The number of hydrogen-bond donors (Lipinski definition) is 0. The van der Waals surface area contributed by atoms with Gasteiger partial charge in [-0.1, -0.05) is 11.6 Å². The fourth-order valence-corrected chi connectivity index (χ4v) is 3.45. The summed E-state index contributed by atoms with van der Waals surface area (Å²) in [4.78, 5) is 9.06. The van der Waals surface area contributed by atoms with Crippen LogP contribution in [0, 0.1) is 0 Å². The highest BCUT2D eigenvalue weighted by Crippen LogP contribution is 2.32. The van der Waals surface area contributed by atoms with Gasteiger partial charge in [0.1, 0.15) is 11.3 Å². The zero-order valence-electron chi connectivity index (χ0n) is 10.8. The van der Waals surface area contributed by atoms with Gasteiger partial charge in [0.25, 0.3) is 0 Å². The van der Waals surface area contributed by atoms with Gasteiger partial charge < -0.3 is 0 Å². The molecule has 0 spiro atoms. The number of alkyl halides is 1. The normalized spacial score (nSPS) is 12.8. The van der Waals surface area contributed by atoms with Crippen molar-refractivity contribution in [3.8, 4) is 5.69 Å². The van der Waals surface area contributed by atoms with E-state index in [4.69, 9.17) is 23.2 Å². The molecule has 0 aliphatic rings. The lowest BCUT2D eigenvalue weighted by molar-refractivity contribution is 0.874. The molecule has 0 aliphatic carbocycles. The van der Waals surface area contributed by atoms with Crippen LogP contribution in [0.4, 0.5) is 0 Å². The summed E-state index contributed by atoms with van der Waals surface area (Å²) in [6.45, 7) is 1.89. The third kappa shape index (κ3) is 2.84. The van der Waals surface area contributed by atoms with E-state index in [0.717, 1.165) is 31.6 Å². The summed E-state index contributed by atoms with van der Waals surface area (Å²) in [5.74, 6) is 0.736. The molecule has 0 fully saturated rings. The first-order chi connectivity index (χ1) is 9.97. The van der Waals surface area contributed by atoms with E-state index in [0.29, 0.717) is 5.02 Å². The largest absolute Gasteiger partial charge is 0.278 e. The van der Waals surface area contributed by atoms with Crippen LogP contribution in [-0.2, 0) is 0 Å². The van der Waals surface area contributed by atoms with Crippen molar-refractivity contribution in [1.82, 2.24) is 14.5 Å². The van der Waals surface area contributed by atoms with E-state index in [1.54, 1.807) is 6.20 Å². The second-order valence-electron chi connectivity index (χ2n) is 4.51. The van der Waals surface area contributed by atoms with Gasteiger partial charge >= 0.3 is 0 Å². The summed E-state index contributed by atoms with van der Waals surface area (Å²) in [6.07, 6.45) is 1.74. The van der Waals surface area contributed by atoms with Crippen molar-refractivity contribution in [3.63, 3.8) is 0 Å². The molecule has 1 aromatic carbocycles. The molecule has 3 rings (SSSR count). The Labute approximate surface area is 148 Å². The Morgan fingerprint density at radius 3 is 2.67 bits per heavy atom. The van der Waals surface area contributed by atoms with Crippen molar-refractivity contribution in [3.05, 3.63) is 50.3 Å². The minimum absolute atomic E-state index is 0.249. The van der Waals surface area contributed by atoms with E-state index < -0.39 is 0 Å². The minimum Gasteiger partial charge on any atom is -0.278 e. The smallest absolute Gasteiger partial charge is 0.164 e. The Morgan fingerprint density at radius 1 is 1.24 bits per heavy atom. The van der Waals surface area contributed by atoms with Crippen LogP contribution >= 0.6 is 55.1 Å². The highest BCUT2D eigenvalue weighted by atomic mass is 79.9. The highest BCUT2D eigenvalue weighted by Gasteiger charge is 2.19. The van der Waals surface area contributed by atoms with Gasteiger partial charge in [-0.3, -0.25) is 4.57 Å². The fraction of sp³-hybridized carbons (Fsp3) is 0.143. The fourth-order valence-electron chi connectivity index (χ4n) is 2.12. The lowest BCUT2D eigenvalue weighted by Gasteiger charge is -2.12. The molecule has 1 unspecified atom stereocenters. The third-order valence-corrected chi connectivity index (χ3v) is 4.50. The van der Waals surface area contributed by atoms with Crippen LogP contribution in [0.15, 0.2) is 39.4 Å². The van der Waals surface area contributed by atoms with Gasteiger partial charge in [-0.2, -0.15) is 0 Å². The molecule has 108 valence electrons. The summed E-state index contributed by atoms with van der Waals surface area (Å²) >= 11 is 19.3. The predicted octanol–water partition coefficient (Wildman–Crippen LogP) is 5.90. The van der Waals surface area contributed by atoms with Crippen molar-refractivity contribution >= 4 is 66.2 Å². The number of imidazole rings is 1. The Bertz CT molecular complexity index is 830. The number of pyridine rings is 1. The van der Waals surface area contributed by atoms with Gasteiger partial charge in [-0.05, 0) is 63.0 Å². The molecule has 2 aromatic heterocycles. The Morgan fingerprint density at radius 2 is 2.00 bits per heavy atom. The molecule has 21 heavy (non-hydrogen) atoms. The van der Waals surface area contributed by atoms with Gasteiger partial charge in [0, 0.05) is 20.2 Å². The van der Waals surface area contributed by atoms with Crippen LogP contribution in [0.5, 0.6) is 0 Å². The molecule has 0 saturated heterocycles. The van der Waals surface area contributed by atoms with Crippen molar-refractivity contribution in [2.24, 2.45) is 0 Å². The Balaban J connectivity index is 2.36. The van der Waals surface area contributed by atoms with E-state index in [2.05, 4.69) is 41.8 Å². The number of rotatable bonds is 2. The minimum atomic E-state index is -0.249. The first-order valence-corrected chi connectivity index (χ1v) is 8.51. The van der Waals surface area contributed by atoms with Crippen molar-refractivity contribution < 1.29 is 0 Å². The molecule has 3 nitrogen and oxygen atoms in total. The van der Waals surface area contributed by atoms with Crippen LogP contribution in [0.3, 0.4) is 0 Å². The number of aromatic nitrogens is 3. The lowest BCUT2D eigenvalue weighted by Crippen LogP contribution is -2.03. The Kier molecular flexibility index (Phi) is 4.28. The molecular formula is C14H9Br2Cl2N3. The van der Waals surface area contributed by atoms with Crippen LogP contribution in [-0.4, -0.2) is 14.5 Å². The quantitative estimate of drug-likeness (QED) is 0.456. The molecule has 0 radical (unpaired) electrons. The Hall–Kier alpha value is -0.620. The van der Waals surface area contributed by atoms with E-state index in [1.165, 1.54) is 0 Å². The van der Waals surface area contributed by atoms with E-state index >= 15 is 0 Å². The summed E-state index contributed by atoms with van der Waals surface area (Å²) in [5.41, 5.74) is 2.44. The van der Waals surface area contributed by atoms with E-state index in [-0.39, 0.29) is 5.38 Å². The molecular weight excluding hydrogens is 441 g/mol. The van der Waals surface area contributed by atoms with Gasteiger partial charge in [-0.25, -0.2) is 9.97 Å². The van der Waals surface area contributed by atoms with Gasteiger partial charge in [0.15, 0.2) is 5.65 Å². The molecule has 3 aromatic rings. The van der Waals surface area contributed by atoms with Crippen molar-refractivity contribution in [2.45, 2.75) is 12.3 Å². The maximum atomic E-state index is 6.29. The van der Waals surface area contributed by atoms with Crippen LogP contribution < -0.4 is 0 Å². The molecule has 1 atom stereocenters. The predicted molar refractivity (Wildman–Crippen MR) is 93.5 cm³/mol. The highest BCUT2D eigenvalue weighted by molar-refractivity contribution is 9.10.